The Bertz CT molecular complexity index is 1340. The van der Waals surface area contributed by atoms with Crippen LogP contribution in [0.5, 0.6) is 17.2 Å². The van der Waals surface area contributed by atoms with E-state index in [4.69, 9.17) is 23.4 Å². The van der Waals surface area contributed by atoms with Crippen molar-refractivity contribution in [2.24, 2.45) is 0 Å². The van der Waals surface area contributed by atoms with Crippen LogP contribution >= 0.6 is 0 Å². The molecule has 0 aliphatic carbocycles. The molecule has 37 heavy (non-hydrogen) atoms. The maximum Gasteiger partial charge on any atom is 0.322 e. The van der Waals surface area contributed by atoms with E-state index in [0.717, 1.165) is 0 Å². The van der Waals surface area contributed by atoms with Crippen molar-refractivity contribution in [3.8, 4) is 28.7 Å². The second-order valence-electron chi connectivity index (χ2n) is 8.38. The molecule has 1 aliphatic heterocycles. The molecule has 1 fully saturated rings. The molecule has 0 radical (unpaired) electrons. The Hall–Kier alpha value is -3.68. The lowest BCUT2D eigenvalue weighted by Gasteiger charge is -2.34. The van der Waals surface area contributed by atoms with Gasteiger partial charge in [0.1, 0.15) is 0 Å². The zero-order chi connectivity index (χ0) is 26.7. The van der Waals surface area contributed by atoms with Crippen LogP contribution in [0.3, 0.4) is 0 Å². The molecule has 12 nitrogen and oxygen atoms in total. The third-order valence-corrected chi connectivity index (χ3v) is 7.54. The van der Waals surface area contributed by atoms with E-state index >= 15 is 0 Å². The Morgan fingerprint density at radius 1 is 0.973 bits per heavy atom. The first-order valence-corrected chi connectivity index (χ1v) is 12.8. The second-order valence-corrected chi connectivity index (χ2v) is 10.3. The molecule has 198 valence electrons. The molecule has 0 bridgehead atoms. The molecule has 1 saturated heterocycles. The van der Waals surface area contributed by atoms with Gasteiger partial charge in [-0.15, -0.1) is 5.10 Å². The maximum absolute atomic E-state index is 13.0. The van der Waals surface area contributed by atoms with Gasteiger partial charge in [0.2, 0.25) is 21.7 Å². The van der Waals surface area contributed by atoms with Crippen LogP contribution in [-0.4, -0.2) is 75.5 Å². The third-order valence-electron chi connectivity index (χ3n) is 5.70. The van der Waals surface area contributed by atoms with E-state index in [9.17, 15) is 13.2 Å². The third kappa shape index (κ3) is 5.53. The number of hydrogen-bond donors (Lipinski definition) is 1. The van der Waals surface area contributed by atoms with E-state index in [2.05, 4.69) is 15.5 Å². The molecule has 1 N–H and O–H groups in total. The molecule has 3 aromatic rings. The maximum atomic E-state index is 13.0. The van der Waals surface area contributed by atoms with E-state index in [1.807, 2.05) is 13.8 Å². The number of ether oxygens (including phenoxy) is 4. The van der Waals surface area contributed by atoms with Crippen molar-refractivity contribution in [3.63, 3.8) is 0 Å². The predicted octanol–water partition coefficient (Wildman–Crippen LogP) is 2.81. The minimum Gasteiger partial charge on any atom is -0.493 e. The Kier molecular flexibility index (Phi) is 7.66. The van der Waals surface area contributed by atoms with Crippen molar-refractivity contribution < 1.29 is 36.6 Å². The number of hydrogen-bond acceptors (Lipinski definition) is 10. The highest BCUT2D eigenvalue weighted by atomic mass is 32.2. The molecule has 4 rings (SSSR count). The van der Waals surface area contributed by atoms with Gasteiger partial charge in [-0.25, -0.2) is 8.42 Å². The van der Waals surface area contributed by atoms with Crippen LogP contribution in [0.4, 0.5) is 6.01 Å². The molecular formula is C24H28N4O8S. The van der Waals surface area contributed by atoms with Gasteiger partial charge in [0.25, 0.3) is 5.91 Å². The average Bonchev–Trinajstić information content (AvgIpc) is 3.35. The van der Waals surface area contributed by atoms with E-state index in [-0.39, 0.29) is 47.7 Å². The van der Waals surface area contributed by atoms with Crippen LogP contribution < -0.4 is 19.5 Å². The number of benzene rings is 2. The lowest BCUT2D eigenvalue weighted by Crippen LogP contribution is -2.48. The first kappa shape index (κ1) is 26.4. The summed E-state index contributed by atoms with van der Waals surface area (Å²) >= 11 is 0. The number of carbonyl (C=O) groups is 1. The first-order valence-electron chi connectivity index (χ1n) is 11.4. The van der Waals surface area contributed by atoms with Crippen LogP contribution in [0.25, 0.3) is 11.5 Å². The first-order chi connectivity index (χ1) is 17.7. The Morgan fingerprint density at radius 3 is 2.11 bits per heavy atom. The van der Waals surface area contributed by atoms with Crippen molar-refractivity contribution in [2.75, 3.05) is 39.7 Å². The molecule has 13 heteroatoms. The molecular weight excluding hydrogens is 504 g/mol. The van der Waals surface area contributed by atoms with Crippen molar-refractivity contribution >= 4 is 21.9 Å². The van der Waals surface area contributed by atoms with Gasteiger partial charge in [-0.3, -0.25) is 10.1 Å². The van der Waals surface area contributed by atoms with Crippen molar-refractivity contribution in [1.82, 2.24) is 14.5 Å². The van der Waals surface area contributed by atoms with Crippen LogP contribution in [-0.2, 0) is 14.8 Å². The lowest BCUT2D eigenvalue weighted by molar-refractivity contribution is -0.0440. The number of nitrogens with zero attached hydrogens (tertiary/aromatic N) is 3. The van der Waals surface area contributed by atoms with Crippen molar-refractivity contribution in [3.05, 3.63) is 42.0 Å². The summed E-state index contributed by atoms with van der Waals surface area (Å²) in [6.45, 7) is 4.19. The quantitative estimate of drug-likeness (QED) is 0.460. The average molecular weight is 533 g/mol. The lowest BCUT2D eigenvalue weighted by atomic mass is 10.2. The molecule has 2 aromatic carbocycles. The standard InChI is InChI=1S/C24H28N4O8S/c1-14-12-28(13-15(2)35-14)37(30,31)18-8-6-16(7-9-18)22(29)25-24-27-26-23(36-24)17-10-19(32-3)21(34-5)20(11-17)33-4/h6-11,14-15H,12-13H2,1-5H3,(H,25,27,29)/t14-,15-/m1/s1. The van der Waals surface area contributed by atoms with Gasteiger partial charge in [0.05, 0.1) is 38.4 Å². The Morgan fingerprint density at radius 2 is 1.57 bits per heavy atom. The highest BCUT2D eigenvalue weighted by Crippen LogP contribution is 2.41. The SMILES string of the molecule is COc1cc(-c2nnc(NC(=O)c3ccc(S(=O)(=O)N4C[C@@H](C)O[C@H](C)C4)cc3)o2)cc(OC)c1OC. The van der Waals surface area contributed by atoms with Gasteiger partial charge in [-0.2, -0.15) is 4.31 Å². The predicted molar refractivity (Wildman–Crippen MR) is 133 cm³/mol. The fourth-order valence-corrected chi connectivity index (χ4v) is 5.61. The Labute approximate surface area is 214 Å². The fraction of sp³-hybridized carbons (Fsp3) is 0.375. The summed E-state index contributed by atoms with van der Waals surface area (Å²) in [4.78, 5) is 12.8. The van der Waals surface area contributed by atoms with Crippen molar-refractivity contribution in [1.29, 1.82) is 0 Å². The number of sulfonamides is 1. The van der Waals surface area contributed by atoms with Crippen LogP contribution in [0.2, 0.25) is 0 Å². The van der Waals surface area contributed by atoms with Crippen molar-refractivity contribution in [2.45, 2.75) is 31.0 Å². The van der Waals surface area contributed by atoms with E-state index in [1.165, 1.54) is 49.9 Å². The molecule has 1 aromatic heterocycles. The summed E-state index contributed by atoms with van der Waals surface area (Å²) in [7, 11) is 0.740. The van der Waals surface area contributed by atoms with Gasteiger partial charge >= 0.3 is 6.01 Å². The summed E-state index contributed by atoms with van der Waals surface area (Å²) in [5.74, 6) is 0.779. The topological polar surface area (TPSA) is 142 Å². The minimum absolute atomic E-state index is 0.0906. The fourth-order valence-electron chi connectivity index (χ4n) is 4.02. The summed E-state index contributed by atoms with van der Waals surface area (Å²) in [6.07, 6.45) is -0.411. The number of anilines is 1. The highest BCUT2D eigenvalue weighted by molar-refractivity contribution is 7.89. The number of methoxy groups -OCH3 is 3. The smallest absolute Gasteiger partial charge is 0.322 e. The monoisotopic (exact) mass is 532 g/mol. The number of morpholine rings is 1. The second kappa shape index (κ2) is 10.7. The molecule has 0 unspecified atom stereocenters. The Balaban J connectivity index is 1.48. The largest absolute Gasteiger partial charge is 0.493 e. The highest BCUT2D eigenvalue weighted by Gasteiger charge is 2.32. The van der Waals surface area contributed by atoms with E-state index in [0.29, 0.717) is 22.8 Å². The van der Waals surface area contributed by atoms with E-state index < -0.39 is 15.9 Å². The van der Waals surface area contributed by atoms with Gasteiger partial charge in [0.15, 0.2) is 11.5 Å². The van der Waals surface area contributed by atoms with E-state index in [1.54, 1.807) is 12.1 Å². The van der Waals surface area contributed by atoms with Gasteiger partial charge in [0, 0.05) is 24.2 Å². The molecule has 0 spiro atoms. The number of nitrogens with one attached hydrogen (secondary N) is 1. The van der Waals surface area contributed by atoms with Gasteiger partial charge < -0.3 is 23.4 Å². The number of aromatic nitrogens is 2. The zero-order valence-electron chi connectivity index (χ0n) is 21.0. The number of carbonyl (C=O) groups excluding carboxylic acids is 1. The molecule has 0 saturated carbocycles. The minimum atomic E-state index is -3.72. The molecule has 2 heterocycles. The van der Waals surface area contributed by atoms with Gasteiger partial charge in [-0.1, -0.05) is 5.10 Å². The zero-order valence-corrected chi connectivity index (χ0v) is 21.9. The molecule has 1 aliphatic rings. The normalized spacial score (nSPS) is 18.3. The van der Waals surface area contributed by atoms with Crippen LogP contribution in [0, 0.1) is 0 Å². The summed E-state index contributed by atoms with van der Waals surface area (Å²) in [6, 6.07) is 8.76. The van der Waals surface area contributed by atoms with Crippen LogP contribution in [0.1, 0.15) is 24.2 Å². The summed E-state index contributed by atoms with van der Waals surface area (Å²) in [5, 5.41) is 10.4. The number of rotatable bonds is 8. The molecule has 1 amide bonds. The van der Waals surface area contributed by atoms with Crippen LogP contribution in [0.15, 0.2) is 45.7 Å². The van der Waals surface area contributed by atoms with Gasteiger partial charge in [-0.05, 0) is 50.2 Å². The molecule has 2 atom stereocenters. The summed E-state index contributed by atoms with van der Waals surface area (Å²) in [5.41, 5.74) is 0.707. The summed E-state index contributed by atoms with van der Waals surface area (Å²) < 4.78 is 54.6. The number of amides is 1.